The molecular formula is C35H44N4O9. The molecule has 3 saturated carbocycles. The highest BCUT2D eigenvalue weighted by atomic mass is 16.8. The summed E-state index contributed by atoms with van der Waals surface area (Å²) in [4.78, 5) is 64.7. The lowest BCUT2D eigenvalue weighted by molar-refractivity contribution is -0.235. The number of likely N-dealkylation sites (N-methyl/N-ethyl adjacent to an activating group) is 1. The number of hydroxylamine groups is 2. The summed E-state index contributed by atoms with van der Waals surface area (Å²) < 4.78 is 20.0. The molecule has 8 rings (SSSR count). The minimum atomic E-state index is -1.38. The van der Waals surface area contributed by atoms with Crippen molar-refractivity contribution in [3.05, 3.63) is 41.5 Å². The summed E-state index contributed by atoms with van der Waals surface area (Å²) in [6.45, 7) is 0.388. The second kappa shape index (κ2) is 11.9. The maximum Gasteiger partial charge on any atom is 0.327 e. The Bertz CT molecular complexity index is 1510. The van der Waals surface area contributed by atoms with E-state index in [2.05, 4.69) is 5.32 Å². The molecular weight excluding hydrogens is 620 g/mol. The molecule has 0 spiro atoms. The van der Waals surface area contributed by atoms with Crippen LogP contribution in [0.25, 0.3) is 6.08 Å². The van der Waals surface area contributed by atoms with Crippen molar-refractivity contribution in [3.63, 3.8) is 0 Å². The molecule has 4 aliphatic heterocycles. The van der Waals surface area contributed by atoms with Crippen LogP contribution in [0, 0.1) is 17.3 Å². The van der Waals surface area contributed by atoms with Crippen LogP contribution in [0.2, 0.25) is 0 Å². The van der Waals surface area contributed by atoms with E-state index >= 15 is 4.79 Å². The highest BCUT2D eigenvalue weighted by molar-refractivity contribution is 5.96. The number of fused-ring (bicyclic) bond motifs is 4. The molecule has 3 aliphatic carbocycles. The van der Waals surface area contributed by atoms with E-state index in [0.29, 0.717) is 19.4 Å². The van der Waals surface area contributed by atoms with Crippen molar-refractivity contribution in [1.82, 2.24) is 20.2 Å². The van der Waals surface area contributed by atoms with Crippen molar-refractivity contribution < 1.29 is 43.3 Å². The Balaban J connectivity index is 1.17. The van der Waals surface area contributed by atoms with Crippen molar-refractivity contribution in [2.24, 2.45) is 17.3 Å². The first-order chi connectivity index (χ1) is 23.2. The van der Waals surface area contributed by atoms with Crippen LogP contribution in [-0.4, -0.2) is 120 Å². The zero-order chi connectivity index (χ0) is 33.4. The monoisotopic (exact) mass is 664 g/mol. The summed E-state index contributed by atoms with van der Waals surface area (Å²) >= 11 is 0. The standard InChI is InChI=1S/C35H44N4O9/c1-37(2)26(41)14-9-20-6-3-4-7-21(20)19-39-29-32(43)45-25-18-34(29,33(44)38-16-5-8-24(38)31(42)36-15-17-40)30(48-39)28-27(25)46-35(47-28,22-10-11-22)23-12-13-23/h3-4,6-7,9,14,22-25,27-30,40H,5,8,10-13,15-19H2,1-2H3,(H,36,42)/t24-,25-,27+,28+,29+,30-,34+/m1/s1. The quantitative estimate of drug-likeness (QED) is 0.274. The predicted octanol–water partition coefficient (Wildman–Crippen LogP) is 0.988. The molecule has 13 nitrogen and oxygen atoms in total. The van der Waals surface area contributed by atoms with Gasteiger partial charge in [-0.05, 0) is 55.7 Å². The van der Waals surface area contributed by atoms with E-state index in [1.165, 1.54) is 11.0 Å². The van der Waals surface area contributed by atoms with Crippen LogP contribution in [0.5, 0.6) is 0 Å². The Morgan fingerprint density at radius 2 is 1.79 bits per heavy atom. The van der Waals surface area contributed by atoms with Gasteiger partial charge in [0.1, 0.15) is 35.9 Å². The fourth-order valence-electron chi connectivity index (χ4n) is 8.81. The number of nitrogens with zero attached hydrogens (tertiary/aromatic N) is 3. The predicted molar refractivity (Wildman–Crippen MR) is 168 cm³/mol. The molecule has 258 valence electrons. The summed E-state index contributed by atoms with van der Waals surface area (Å²) in [5.41, 5.74) is 0.192. The summed E-state index contributed by atoms with van der Waals surface area (Å²) in [6, 6.07) is 5.73. The molecule has 1 aromatic carbocycles. The number of esters is 1. The molecule has 7 atom stereocenters. The fraction of sp³-hybridized carbons (Fsp3) is 0.657. The van der Waals surface area contributed by atoms with E-state index in [1.807, 2.05) is 24.3 Å². The molecule has 48 heavy (non-hydrogen) atoms. The van der Waals surface area contributed by atoms with Gasteiger partial charge in [-0.15, -0.1) is 0 Å². The van der Waals surface area contributed by atoms with Crippen LogP contribution in [0.15, 0.2) is 30.3 Å². The number of hydrogen-bond donors (Lipinski definition) is 2. The molecule has 2 N–H and O–H groups in total. The number of carbonyl (C=O) groups is 4. The highest BCUT2D eigenvalue weighted by Gasteiger charge is 2.78. The molecule has 4 saturated heterocycles. The molecule has 7 aliphatic rings. The number of aliphatic hydroxyl groups excluding tert-OH is 1. The van der Waals surface area contributed by atoms with Gasteiger partial charge in [-0.2, -0.15) is 5.06 Å². The van der Waals surface area contributed by atoms with Crippen molar-refractivity contribution in [3.8, 4) is 0 Å². The van der Waals surface area contributed by atoms with Gasteiger partial charge >= 0.3 is 5.97 Å². The Hall–Kier alpha value is -3.36. The van der Waals surface area contributed by atoms with Gasteiger partial charge in [0.05, 0.1) is 13.2 Å². The normalized spacial score (nSPS) is 35.1. The van der Waals surface area contributed by atoms with Crippen LogP contribution >= 0.6 is 0 Å². The smallest absolute Gasteiger partial charge is 0.327 e. The average Bonchev–Trinajstić information content (AvgIpc) is 4.00. The number of nitrogens with one attached hydrogen (secondary N) is 1. The number of carbonyl (C=O) groups excluding carboxylic acids is 4. The number of likely N-dealkylation sites (tertiary alicyclic amines) is 1. The molecule has 2 bridgehead atoms. The van der Waals surface area contributed by atoms with Crippen molar-refractivity contribution >= 4 is 29.8 Å². The number of rotatable bonds is 10. The summed E-state index contributed by atoms with van der Waals surface area (Å²) in [6.07, 6.45) is 5.80. The number of aliphatic hydroxyl groups is 1. The van der Waals surface area contributed by atoms with Crippen molar-refractivity contribution in [1.29, 1.82) is 0 Å². The molecule has 0 unspecified atom stereocenters. The second-order valence-corrected chi connectivity index (χ2v) is 14.6. The Morgan fingerprint density at radius 3 is 2.50 bits per heavy atom. The molecule has 0 aromatic heterocycles. The Morgan fingerprint density at radius 1 is 1.06 bits per heavy atom. The number of ether oxygens (including phenoxy) is 3. The van der Waals surface area contributed by atoms with E-state index in [-0.39, 0.29) is 55.7 Å². The number of amides is 3. The average molecular weight is 665 g/mol. The van der Waals surface area contributed by atoms with Gasteiger partial charge in [-0.1, -0.05) is 24.3 Å². The first kappa shape index (κ1) is 31.9. The van der Waals surface area contributed by atoms with Crippen LogP contribution in [-0.2, 0) is 44.8 Å². The molecule has 13 heteroatoms. The third-order valence-corrected chi connectivity index (χ3v) is 11.3. The zero-order valence-electron chi connectivity index (χ0n) is 27.4. The maximum atomic E-state index is 15.1. The van der Waals surface area contributed by atoms with Crippen LogP contribution in [0.1, 0.15) is 56.1 Å². The zero-order valence-corrected chi connectivity index (χ0v) is 27.4. The van der Waals surface area contributed by atoms with Gasteiger partial charge in [0.2, 0.25) is 17.7 Å². The van der Waals surface area contributed by atoms with Crippen molar-refractivity contribution in [2.75, 3.05) is 33.8 Å². The summed E-state index contributed by atoms with van der Waals surface area (Å²) in [5.74, 6) is -1.62. The van der Waals surface area contributed by atoms with Gasteiger partial charge in [-0.3, -0.25) is 24.0 Å². The fourth-order valence-corrected chi connectivity index (χ4v) is 8.81. The molecule has 3 amide bonds. The minimum Gasteiger partial charge on any atom is -0.458 e. The highest BCUT2D eigenvalue weighted by Crippen LogP contribution is 2.64. The van der Waals surface area contributed by atoms with E-state index < -0.39 is 53.7 Å². The molecule has 0 radical (unpaired) electrons. The van der Waals surface area contributed by atoms with Crippen LogP contribution < -0.4 is 5.32 Å². The van der Waals surface area contributed by atoms with E-state index in [9.17, 15) is 19.5 Å². The second-order valence-electron chi connectivity index (χ2n) is 14.6. The lowest BCUT2D eigenvalue weighted by Crippen LogP contribution is -2.70. The first-order valence-electron chi connectivity index (χ1n) is 17.3. The summed E-state index contributed by atoms with van der Waals surface area (Å²) in [7, 11) is 3.36. The molecule has 1 aromatic rings. The third kappa shape index (κ3) is 5.00. The summed E-state index contributed by atoms with van der Waals surface area (Å²) in [5, 5.41) is 13.6. The Kier molecular flexibility index (Phi) is 7.91. The van der Waals surface area contributed by atoms with Gasteiger partial charge in [0.25, 0.3) is 0 Å². The van der Waals surface area contributed by atoms with E-state index in [4.69, 9.17) is 19.0 Å². The molecule has 4 heterocycles. The number of hydrogen-bond acceptors (Lipinski definition) is 10. The van der Waals surface area contributed by atoms with Crippen LogP contribution in [0.4, 0.5) is 0 Å². The van der Waals surface area contributed by atoms with Crippen molar-refractivity contribution in [2.45, 2.75) is 93.8 Å². The SMILES string of the molecule is CN(C)C(=O)C=Cc1ccccc1CN1O[C@@H]2[C@H]3OC(C4CC4)(C4CC4)O[C@H]3[C@H]3C[C@]2(C(=O)N2CCC[C@@H]2C(=O)NCCO)[C@@H]1C(=O)O3. The largest absolute Gasteiger partial charge is 0.458 e. The Labute approximate surface area is 279 Å². The maximum absolute atomic E-state index is 15.1. The minimum absolute atomic E-state index is 0.0897. The third-order valence-electron chi connectivity index (χ3n) is 11.3. The van der Waals surface area contributed by atoms with Crippen LogP contribution in [0.3, 0.4) is 0 Å². The topological polar surface area (TPSA) is 147 Å². The van der Waals surface area contributed by atoms with Gasteiger partial charge < -0.3 is 34.4 Å². The van der Waals surface area contributed by atoms with E-state index in [1.54, 1.807) is 30.1 Å². The lowest BCUT2D eigenvalue weighted by atomic mass is 9.62. The molecule has 7 fully saturated rings. The first-order valence-corrected chi connectivity index (χ1v) is 17.3. The number of benzene rings is 1. The van der Waals surface area contributed by atoms with Gasteiger partial charge in [-0.25, -0.2) is 0 Å². The van der Waals surface area contributed by atoms with E-state index in [0.717, 1.165) is 36.8 Å². The lowest BCUT2D eigenvalue weighted by Gasteiger charge is -2.50. The van der Waals surface area contributed by atoms with Gasteiger partial charge in [0, 0.05) is 51.5 Å². The van der Waals surface area contributed by atoms with Gasteiger partial charge in [0.15, 0.2) is 11.8 Å².